The van der Waals surface area contributed by atoms with Crippen LogP contribution in [-0.2, 0) is 9.59 Å². The third-order valence-electron chi connectivity index (χ3n) is 4.11. The highest BCUT2D eigenvalue weighted by Gasteiger charge is 2.21. The van der Waals surface area contributed by atoms with Gasteiger partial charge in [-0.15, -0.1) is 0 Å². The number of nitrogens with two attached hydrogens (primary N) is 1. The van der Waals surface area contributed by atoms with Gasteiger partial charge in [-0.05, 0) is 57.0 Å². The quantitative estimate of drug-likeness (QED) is 0.407. The van der Waals surface area contributed by atoms with Gasteiger partial charge in [-0.3, -0.25) is 14.9 Å². The van der Waals surface area contributed by atoms with Crippen molar-refractivity contribution in [3.05, 3.63) is 65.7 Å². The maximum absolute atomic E-state index is 12.5. The number of carbonyl (C=O) groups excluding carboxylic acids is 2. The van der Waals surface area contributed by atoms with Crippen LogP contribution < -0.4 is 21.7 Å². The largest absolute Gasteiger partial charge is 0.397 e. The Balaban J connectivity index is 2.07. The summed E-state index contributed by atoms with van der Waals surface area (Å²) < 4.78 is 0. The number of anilines is 2. The Morgan fingerprint density at radius 2 is 1.59 bits per heavy atom. The molecule has 1 unspecified atom stereocenters. The van der Waals surface area contributed by atoms with Gasteiger partial charge in [0.05, 0.1) is 11.4 Å². The van der Waals surface area contributed by atoms with Gasteiger partial charge in [-0.2, -0.15) is 0 Å². The van der Waals surface area contributed by atoms with Crippen molar-refractivity contribution in [2.24, 2.45) is 0 Å². The molecule has 0 aliphatic carbocycles. The van der Waals surface area contributed by atoms with Crippen molar-refractivity contribution in [3.8, 4) is 0 Å². The van der Waals surface area contributed by atoms with Crippen molar-refractivity contribution in [1.82, 2.24) is 10.6 Å². The molecule has 6 nitrogen and oxygen atoms in total. The van der Waals surface area contributed by atoms with Gasteiger partial charge in [0.2, 0.25) is 11.8 Å². The Morgan fingerprint density at radius 3 is 2.17 bits per heavy atom. The fraction of sp³-hybridized carbons (Fsp3) is 0.304. The number of nitrogen functional groups attached to an aromatic ring is 1. The predicted molar refractivity (Wildman–Crippen MR) is 119 cm³/mol. The second-order valence-electron chi connectivity index (χ2n) is 7.49. The second-order valence-corrected chi connectivity index (χ2v) is 7.49. The molecule has 2 aromatic carbocycles. The van der Waals surface area contributed by atoms with Gasteiger partial charge in [-0.1, -0.05) is 36.4 Å². The lowest BCUT2D eigenvalue weighted by Crippen LogP contribution is -2.42. The van der Waals surface area contributed by atoms with Crippen LogP contribution in [-0.4, -0.2) is 23.9 Å². The SMILES string of the molecule is CC(C)NC(=O)C(NC(C)C)c1ccc(/C=C/C(=O)Nc2ccccc2N)cc1. The maximum atomic E-state index is 12.5. The molecule has 0 spiro atoms. The fourth-order valence-electron chi connectivity index (χ4n) is 2.78. The van der Waals surface area contributed by atoms with E-state index in [0.29, 0.717) is 11.4 Å². The number of carbonyl (C=O) groups is 2. The Hall–Kier alpha value is -3.12. The summed E-state index contributed by atoms with van der Waals surface area (Å²) in [6, 6.07) is 14.5. The number of benzene rings is 2. The highest BCUT2D eigenvalue weighted by atomic mass is 16.2. The van der Waals surface area contributed by atoms with Gasteiger partial charge in [0, 0.05) is 18.2 Å². The number of rotatable bonds is 8. The molecule has 154 valence electrons. The van der Waals surface area contributed by atoms with Gasteiger partial charge in [0.15, 0.2) is 0 Å². The van der Waals surface area contributed by atoms with E-state index in [9.17, 15) is 9.59 Å². The number of nitrogens with one attached hydrogen (secondary N) is 3. The monoisotopic (exact) mass is 394 g/mol. The molecule has 0 bridgehead atoms. The van der Waals surface area contributed by atoms with Crippen LogP contribution in [0.1, 0.15) is 44.9 Å². The van der Waals surface area contributed by atoms with Crippen LogP contribution >= 0.6 is 0 Å². The van der Waals surface area contributed by atoms with E-state index in [0.717, 1.165) is 11.1 Å². The van der Waals surface area contributed by atoms with Crippen LogP contribution in [0.15, 0.2) is 54.6 Å². The molecule has 0 aliphatic rings. The zero-order chi connectivity index (χ0) is 21.4. The minimum absolute atomic E-state index is 0.0585. The molecule has 0 fully saturated rings. The van der Waals surface area contributed by atoms with E-state index in [-0.39, 0.29) is 23.9 Å². The third kappa shape index (κ3) is 7.08. The zero-order valence-corrected chi connectivity index (χ0v) is 17.4. The van der Waals surface area contributed by atoms with Crippen molar-refractivity contribution >= 4 is 29.3 Å². The first-order valence-corrected chi connectivity index (χ1v) is 9.76. The molecule has 0 aromatic heterocycles. The summed E-state index contributed by atoms with van der Waals surface area (Å²) >= 11 is 0. The van der Waals surface area contributed by atoms with E-state index in [1.807, 2.05) is 64.1 Å². The summed E-state index contributed by atoms with van der Waals surface area (Å²) in [6.07, 6.45) is 3.17. The van der Waals surface area contributed by atoms with E-state index in [2.05, 4.69) is 16.0 Å². The minimum atomic E-state index is -0.431. The lowest BCUT2D eigenvalue weighted by Gasteiger charge is -2.22. The lowest BCUT2D eigenvalue weighted by molar-refractivity contribution is -0.124. The normalized spacial score (nSPS) is 12.3. The van der Waals surface area contributed by atoms with Gasteiger partial charge in [-0.25, -0.2) is 0 Å². The van der Waals surface area contributed by atoms with E-state index in [4.69, 9.17) is 5.73 Å². The molecule has 0 aliphatic heterocycles. The smallest absolute Gasteiger partial charge is 0.248 e. The van der Waals surface area contributed by atoms with Crippen molar-refractivity contribution in [2.75, 3.05) is 11.1 Å². The number of hydrogen-bond donors (Lipinski definition) is 4. The molecule has 1 atom stereocenters. The van der Waals surface area contributed by atoms with Crippen LogP contribution in [0.25, 0.3) is 6.08 Å². The van der Waals surface area contributed by atoms with Crippen LogP contribution in [0.5, 0.6) is 0 Å². The first kappa shape index (κ1) is 22.2. The van der Waals surface area contributed by atoms with Gasteiger partial charge < -0.3 is 16.4 Å². The molecule has 2 aromatic rings. The van der Waals surface area contributed by atoms with E-state index < -0.39 is 6.04 Å². The van der Waals surface area contributed by atoms with Gasteiger partial charge in [0.25, 0.3) is 0 Å². The van der Waals surface area contributed by atoms with Crippen molar-refractivity contribution in [1.29, 1.82) is 0 Å². The summed E-state index contributed by atoms with van der Waals surface area (Å²) in [5.41, 5.74) is 8.66. The van der Waals surface area contributed by atoms with E-state index in [1.165, 1.54) is 6.08 Å². The molecule has 2 amide bonds. The summed E-state index contributed by atoms with van der Waals surface area (Å²) in [4.78, 5) is 24.6. The number of hydrogen-bond acceptors (Lipinski definition) is 4. The van der Waals surface area contributed by atoms with Crippen molar-refractivity contribution in [3.63, 3.8) is 0 Å². The highest BCUT2D eigenvalue weighted by molar-refractivity contribution is 6.03. The molecular formula is C23H30N4O2. The minimum Gasteiger partial charge on any atom is -0.397 e. The highest BCUT2D eigenvalue weighted by Crippen LogP contribution is 2.18. The number of amides is 2. The molecule has 0 saturated carbocycles. The third-order valence-corrected chi connectivity index (χ3v) is 4.11. The zero-order valence-electron chi connectivity index (χ0n) is 17.4. The predicted octanol–water partition coefficient (Wildman–Crippen LogP) is 3.48. The maximum Gasteiger partial charge on any atom is 0.248 e. The van der Waals surface area contributed by atoms with Crippen LogP contribution in [0.3, 0.4) is 0 Å². The average Bonchev–Trinajstić information content (AvgIpc) is 2.66. The molecule has 29 heavy (non-hydrogen) atoms. The molecule has 6 heteroatoms. The van der Waals surface area contributed by atoms with Crippen LogP contribution in [0, 0.1) is 0 Å². The lowest BCUT2D eigenvalue weighted by atomic mass is 10.0. The first-order valence-electron chi connectivity index (χ1n) is 9.76. The van der Waals surface area contributed by atoms with Crippen LogP contribution in [0.2, 0.25) is 0 Å². The standard InChI is InChI=1S/C23H30N4O2/c1-15(2)25-22(23(29)26-16(3)4)18-12-9-17(10-13-18)11-14-21(28)27-20-8-6-5-7-19(20)24/h5-16,22,25H,24H2,1-4H3,(H,26,29)(H,27,28)/b14-11+. The molecule has 2 rings (SSSR count). The molecule has 0 heterocycles. The molecule has 0 saturated heterocycles. The fourth-order valence-corrected chi connectivity index (χ4v) is 2.78. The van der Waals surface area contributed by atoms with Gasteiger partial charge in [0.1, 0.15) is 6.04 Å². The Morgan fingerprint density at radius 1 is 0.931 bits per heavy atom. The Kier molecular flexibility index (Phi) is 7.98. The Bertz CT molecular complexity index is 857. The van der Waals surface area contributed by atoms with Crippen LogP contribution in [0.4, 0.5) is 11.4 Å². The van der Waals surface area contributed by atoms with Crippen molar-refractivity contribution < 1.29 is 9.59 Å². The molecular weight excluding hydrogens is 364 g/mol. The van der Waals surface area contributed by atoms with Crippen molar-refractivity contribution in [2.45, 2.75) is 45.8 Å². The van der Waals surface area contributed by atoms with E-state index >= 15 is 0 Å². The molecule has 0 radical (unpaired) electrons. The summed E-state index contributed by atoms with van der Waals surface area (Å²) in [6.45, 7) is 7.88. The van der Waals surface area contributed by atoms with Gasteiger partial charge >= 0.3 is 0 Å². The number of para-hydroxylation sites is 2. The Labute approximate surface area is 172 Å². The average molecular weight is 395 g/mol. The van der Waals surface area contributed by atoms with E-state index in [1.54, 1.807) is 18.2 Å². The summed E-state index contributed by atoms with van der Waals surface area (Å²) in [7, 11) is 0. The topological polar surface area (TPSA) is 96.2 Å². The first-order chi connectivity index (χ1) is 13.8. The summed E-state index contributed by atoms with van der Waals surface area (Å²) in [5.74, 6) is -0.320. The molecule has 5 N–H and O–H groups in total. The summed E-state index contributed by atoms with van der Waals surface area (Å²) in [5, 5.41) is 9.00. The second kappa shape index (κ2) is 10.4.